The number of nitrogens with one attached hydrogen (secondary N) is 1. The first kappa shape index (κ1) is 23.5. The number of benzene rings is 2. The molecule has 3 amide bonds. The molecule has 0 bridgehead atoms. The van der Waals surface area contributed by atoms with Crippen LogP contribution in [0.1, 0.15) is 53.7 Å². The molecule has 180 valence electrons. The number of fused-ring (bicyclic) bond motifs is 1. The first-order chi connectivity index (χ1) is 16.3. The van der Waals surface area contributed by atoms with Gasteiger partial charge in [0.05, 0.1) is 30.3 Å². The van der Waals surface area contributed by atoms with Crippen LogP contribution in [0.15, 0.2) is 36.4 Å². The summed E-state index contributed by atoms with van der Waals surface area (Å²) in [7, 11) is 0. The summed E-state index contributed by atoms with van der Waals surface area (Å²) in [5, 5.41) is 2.84. The second-order valence-corrected chi connectivity index (χ2v) is 8.24. The second-order valence-electron chi connectivity index (χ2n) is 8.24. The minimum absolute atomic E-state index is 0.0305. The zero-order valence-corrected chi connectivity index (χ0v) is 18.6. The Hall–Kier alpha value is -3.69. The van der Waals surface area contributed by atoms with E-state index in [1.54, 1.807) is 25.1 Å². The Labute approximate surface area is 195 Å². The number of hydrogen-bond acceptors (Lipinski definition) is 5. The van der Waals surface area contributed by atoms with E-state index in [-0.39, 0.29) is 48.8 Å². The van der Waals surface area contributed by atoms with Gasteiger partial charge in [0.25, 0.3) is 5.91 Å². The maximum Gasteiger partial charge on any atom is 0.387 e. The number of primary amides is 1. The van der Waals surface area contributed by atoms with Crippen molar-refractivity contribution in [3.05, 3.63) is 53.1 Å². The van der Waals surface area contributed by atoms with Gasteiger partial charge in [0, 0.05) is 12.5 Å². The first-order valence-electron chi connectivity index (χ1n) is 11.0. The van der Waals surface area contributed by atoms with Crippen LogP contribution in [0.5, 0.6) is 11.5 Å². The van der Waals surface area contributed by atoms with Gasteiger partial charge < -0.3 is 25.4 Å². The highest BCUT2D eigenvalue weighted by atomic mass is 19.3. The van der Waals surface area contributed by atoms with Gasteiger partial charge in [-0.1, -0.05) is 18.2 Å². The van der Waals surface area contributed by atoms with Crippen LogP contribution in [0.2, 0.25) is 0 Å². The van der Waals surface area contributed by atoms with Crippen molar-refractivity contribution >= 4 is 23.4 Å². The summed E-state index contributed by atoms with van der Waals surface area (Å²) >= 11 is 0. The van der Waals surface area contributed by atoms with Crippen molar-refractivity contribution in [3.8, 4) is 11.5 Å². The van der Waals surface area contributed by atoms with E-state index >= 15 is 0 Å². The van der Waals surface area contributed by atoms with Crippen LogP contribution >= 0.6 is 0 Å². The first-order valence-corrected chi connectivity index (χ1v) is 11.0. The zero-order valence-electron chi connectivity index (χ0n) is 18.6. The van der Waals surface area contributed by atoms with Gasteiger partial charge in [-0.3, -0.25) is 14.4 Å². The van der Waals surface area contributed by atoms with Crippen LogP contribution in [0.4, 0.5) is 14.5 Å². The quantitative estimate of drug-likeness (QED) is 0.548. The topological polar surface area (TPSA) is 111 Å². The average molecular weight is 473 g/mol. The van der Waals surface area contributed by atoms with Gasteiger partial charge in [-0.05, 0) is 49.1 Å². The summed E-state index contributed by atoms with van der Waals surface area (Å²) in [5.74, 6) is -1.24. The summed E-state index contributed by atoms with van der Waals surface area (Å²) in [4.78, 5) is 39.2. The summed E-state index contributed by atoms with van der Waals surface area (Å²) in [6.45, 7) is -0.955. The molecule has 1 aliphatic carbocycles. The van der Waals surface area contributed by atoms with E-state index in [0.29, 0.717) is 22.4 Å². The molecule has 0 spiro atoms. The van der Waals surface area contributed by atoms with Crippen LogP contribution in [0, 0.1) is 5.92 Å². The summed E-state index contributed by atoms with van der Waals surface area (Å²) in [6, 6.07) is 8.73. The number of hydrogen-bond donors (Lipinski definition) is 2. The second kappa shape index (κ2) is 9.66. The monoisotopic (exact) mass is 473 g/mol. The van der Waals surface area contributed by atoms with Crippen LogP contribution < -0.4 is 20.5 Å². The Bertz CT molecular complexity index is 1120. The Balaban J connectivity index is 1.66. The summed E-state index contributed by atoms with van der Waals surface area (Å²) in [5.41, 5.74) is 7.47. The van der Waals surface area contributed by atoms with Gasteiger partial charge in [-0.15, -0.1) is 0 Å². The molecule has 1 heterocycles. The number of halogens is 2. The zero-order chi connectivity index (χ0) is 24.4. The van der Waals surface area contributed by atoms with Crippen molar-refractivity contribution < 1.29 is 32.6 Å². The maximum absolute atomic E-state index is 13.5. The smallest absolute Gasteiger partial charge is 0.387 e. The van der Waals surface area contributed by atoms with Crippen molar-refractivity contribution in [1.29, 1.82) is 0 Å². The molecule has 1 atom stereocenters. The number of anilines is 1. The highest BCUT2D eigenvalue weighted by Crippen LogP contribution is 2.40. The van der Waals surface area contributed by atoms with Gasteiger partial charge in [-0.2, -0.15) is 8.78 Å². The number of carbonyl (C=O) groups is 3. The molecule has 0 aromatic heterocycles. The fourth-order valence-electron chi connectivity index (χ4n) is 4.11. The van der Waals surface area contributed by atoms with Gasteiger partial charge in [0.2, 0.25) is 11.8 Å². The third kappa shape index (κ3) is 4.95. The minimum Gasteiger partial charge on any atom is -0.490 e. The Morgan fingerprint density at radius 1 is 1.21 bits per heavy atom. The van der Waals surface area contributed by atoms with Gasteiger partial charge in [0.15, 0.2) is 11.5 Å². The van der Waals surface area contributed by atoms with Crippen molar-refractivity contribution in [3.63, 3.8) is 0 Å². The summed E-state index contributed by atoms with van der Waals surface area (Å²) in [6.07, 6.45) is 1.47. The van der Waals surface area contributed by atoms with Crippen LogP contribution in [0.3, 0.4) is 0 Å². The van der Waals surface area contributed by atoms with Crippen LogP contribution in [-0.4, -0.2) is 35.8 Å². The predicted molar refractivity (Wildman–Crippen MR) is 118 cm³/mol. The van der Waals surface area contributed by atoms with E-state index in [4.69, 9.17) is 10.5 Å². The molecule has 3 N–H and O–H groups in total. The fraction of sp³-hybridized carbons (Fsp3) is 0.375. The van der Waals surface area contributed by atoms with Crippen molar-refractivity contribution in [2.75, 3.05) is 11.9 Å². The lowest BCUT2D eigenvalue weighted by atomic mass is 10.0. The summed E-state index contributed by atoms with van der Waals surface area (Å²) < 4.78 is 35.5. The molecule has 34 heavy (non-hydrogen) atoms. The molecule has 2 aromatic carbocycles. The SMILES string of the molecule is CCOc1cc(C(CC(N)=O)N2Cc3cccc(NC(=O)C4CC4)c3C2=O)ccc1OC(F)F. The third-order valence-electron chi connectivity index (χ3n) is 5.81. The van der Waals surface area contributed by atoms with E-state index in [9.17, 15) is 23.2 Å². The van der Waals surface area contributed by atoms with E-state index in [2.05, 4.69) is 10.1 Å². The lowest BCUT2D eigenvalue weighted by Crippen LogP contribution is -2.32. The predicted octanol–water partition coefficient (Wildman–Crippen LogP) is 3.61. The molecule has 10 heteroatoms. The maximum atomic E-state index is 13.5. The molecule has 4 rings (SSSR count). The Kier molecular flexibility index (Phi) is 6.67. The normalized spacial score (nSPS) is 15.8. The Morgan fingerprint density at radius 2 is 1.97 bits per heavy atom. The largest absolute Gasteiger partial charge is 0.490 e. The number of ether oxygens (including phenoxy) is 2. The number of nitrogens with zero attached hydrogens (tertiary/aromatic N) is 1. The number of nitrogens with two attached hydrogens (primary N) is 1. The average Bonchev–Trinajstić information content (AvgIpc) is 3.57. The van der Waals surface area contributed by atoms with E-state index in [0.717, 1.165) is 12.8 Å². The number of rotatable bonds is 10. The van der Waals surface area contributed by atoms with Crippen LogP contribution in [0.25, 0.3) is 0 Å². The highest BCUT2D eigenvalue weighted by molar-refractivity contribution is 6.07. The number of carbonyl (C=O) groups excluding carboxylic acids is 3. The Morgan fingerprint density at radius 3 is 2.62 bits per heavy atom. The van der Waals surface area contributed by atoms with Gasteiger partial charge in [0.1, 0.15) is 0 Å². The van der Waals surface area contributed by atoms with Gasteiger partial charge >= 0.3 is 6.61 Å². The molecule has 1 fully saturated rings. The molecule has 8 nitrogen and oxygen atoms in total. The van der Waals surface area contributed by atoms with Crippen molar-refractivity contribution in [2.45, 2.75) is 45.4 Å². The number of amides is 3. The van der Waals surface area contributed by atoms with E-state index < -0.39 is 18.6 Å². The molecule has 1 saturated carbocycles. The van der Waals surface area contributed by atoms with Gasteiger partial charge in [-0.25, -0.2) is 0 Å². The molecule has 2 aliphatic rings. The number of alkyl halides is 2. The molecule has 0 radical (unpaired) electrons. The van der Waals surface area contributed by atoms with Crippen molar-refractivity contribution in [1.82, 2.24) is 4.90 Å². The molecule has 1 aliphatic heterocycles. The lowest BCUT2D eigenvalue weighted by molar-refractivity contribution is -0.119. The van der Waals surface area contributed by atoms with E-state index in [1.807, 2.05) is 0 Å². The van der Waals surface area contributed by atoms with E-state index in [1.165, 1.54) is 23.1 Å². The minimum atomic E-state index is -3.04. The molecular formula is C24H25F2N3O5. The molecule has 0 saturated heterocycles. The third-order valence-corrected chi connectivity index (χ3v) is 5.81. The van der Waals surface area contributed by atoms with Crippen molar-refractivity contribution in [2.24, 2.45) is 11.7 Å². The molecule has 1 unspecified atom stereocenters. The highest BCUT2D eigenvalue weighted by Gasteiger charge is 2.37. The van der Waals surface area contributed by atoms with Crippen LogP contribution in [-0.2, 0) is 16.1 Å². The standard InChI is InChI=1S/C24H25F2N3O5/c1-2-33-19-10-14(8-9-18(19)34-24(25)26)17(11-20(27)30)29-12-15-4-3-5-16(21(15)23(29)32)28-22(31)13-6-7-13/h3-5,8-10,13,17,24H,2,6-7,11-12H2,1H3,(H2,27,30)(H,28,31). The molecule has 2 aromatic rings. The molecular weight excluding hydrogens is 448 g/mol. The fourth-order valence-corrected chi connectivity index (χ4v) is 4.11. The lowest BCUT2D eigenvalue weighted by Gasteiger charge is -2.28.